The molecule has 5 nitrogen and oxygen atoms in total. The van der Waals surface area contributed by atoms with Crippen molar-refractivity contribution in [3.8, 4) is 0 Å². The van der Waals surface area contributed by atoms with E-state index >= 15 is 0 Å². The molecule has 0 aromatic heterocycles. The van der Waals surface area contributed by atoms with Crippen molar-refractivity contribution in [3.05, 3.63) is 0 Å². The molecule has 0 fully saturated rings. The Morgan fingerprint density at radius 3 is 2.42 bits per heavy atom. The van der Waals surface area contributed by atoms with E-state index in [0.29, 0.717) is 0 Å². The van der Waals surface area contributed by atoms with Crippen molar-refractivity contribution >= 4 is 13.6 Å². The molecular weight excluding hydrogens is 183 g/mol. The van der Waals surface area contributed by atoms with Crippen molar-refractivity contribution in [2.45, 2.75) is 25.9 Å². The van der Waals surface area contributed by atoms with Crippen LogP contribution in [0.15, 0.2) is 0 Å². The first kappa shape index (κ1) is 11.6. The number of carbonyl (C=O) groups is 1. The molecule has 0 amide bonds. The zero-order valence-corrected chi connectivity index (χ0v) is 7.95. The predicted octanol–water partition coefficient (Wildman–Crippen LogP) is 1.07. The van der Waals surface area contributed by atoms with Crippen LogP contribution in [-0.4, -0.2) is 28.2 Å². The third-order valence-electron chi connectivity index (χ3n) is 1.24. The van der Waals surface area contributed by atoms with Crippen LogP contribution in [0.4, 0.5) is 0 Å². The van der Waals surface area contributed by atoms with E-state index in [0.717, 1.165) is 0 Å². The van der Waals surface area contributed by atoms with Crippen molar-refractivity contribution in [1.29, 1.82) is 0 Å². The molecule has 1 unspecified atom stereocenters. The van der Waals surface area contributed by atoms with Crippen LogP contribution in [0.1, 0.15) is 20.3 Å². The molecule has 0 radical (unpaired) electrons. The van der Waals surface area contributed by atoms with Gasteiger partial charge in [0.1, 0.15) is 0 Å². The molecule has 0 bridgehead atoms. The van der Waals surface area contributed by atoms with E-state index in [1.54, 1.807) is 13.8 Å². The van der Waals surface area contributed by atoms with Crippen molar-refractivity contribution < 1.29 is 23.9 Å². The Kier molecular flexibility index (Phi) is 4.45. The zero-order valence-electron chi connectivity index (χ0n) is 7.06. The second kappa shape index (κ2) is 4.60. The molecule has 0 rings (SSSR count). The summed E-state index contributed by atoms with van der Waals surface area (Å²) in [5.74, 6) is -1.04. The number of rotatable bonds is 5. The van der Waals surface area contributed by atoms with E-state index in [1.807, 2.05) is 0 Å². The minimum absolute atomic E-state index is 0.221. The van der Waals surface area contributed by atoms with Gasteiger partial charge in [0.25, 0.3) is 0 Å². The van der Waals surface area contributed by atoms with E-state index in [2.05, 4.69) is 4.52 Å². The minimum atomic E-state index is -3.58. The molecule has 0 saturated carbocycles. The standard InChI is InChI=1S/C6H13O5P/c1-5(2)12(9,10)11-4-3-6(7)8/h5H,3-4H2,1-2H3,(H,7,8)(H,9,10). The third-order valence-corrected chi connectivity index (χ3v) is 3.10. The van der Waals surface area contributed by atoms with Gasteiger partial charge in [-0.25, -0.2) is 0 Å². The number of carboxylic acids is 1. The van der Waals surface area contributed by atoms with Gasteiger partial charge in [-0.05, 0) is 0 Å². The Bertz CT molecular complexity index is 200. The molecule has 6 heteroatoms. The lowest BCUT2D eigenvalue weighted by molar-refractivity contribution is -0.137. The third kappa shape index (κ3) is 4.49. The Hall–Kier alpha value is -0.380. The summed E-state index contributed by atoms with van der Waals surface area (Å²) in [5, 5.41) is 8.20. The van der Waals surface area contributed by atoms with E-state index < -0.39 is 19.2 Å². The van der Waals surface area contributed by atoms with Crippen molar-refractivity contribution in [2.75, 3.05) is 6.61 Å². The fraction of sp³-hybridized carbons (Fsp3) is 0.833. The largest absolute Gasteiger partial charge is 0.481 e. The fourth-order valence-electron chi connectivity index (χ4n) is 0.413. The highest BCUT2D eigenvalue weighted by Crippen LogP contribution is 2.46. The highest BCUT2D eigenvalue weighted by Gasteiger charge is 2.24. The number of aliphatic carboxylic acids is 1. The second-order valence-corrected chi connectivity index (χ2v) is 5.05. The van der Waals surface area contributed by atoms with Crippen molar-refractivity contribution in [2.24, 2.45) is 0 Å². The maximum atomic E-state index is 11.0. The molecule has 0 saturated heterocycles. The number of hydrogen-bond donors (Lipinski definition) is 2. The van der Waals surface area contributed by atoms with Crippen LogP contribution in [0.2, 0.25) is 0 Å². The molecule has 12 heavy (non-hydrogen) atoms. The Balaban J connectivity index is 3.77. The highest BCUT2D eigenvalue weighted by atomic mass is 31.2. The van der Waals surface area contributed by atoms with Crippen LogP contribution >= 0.6 is 7.60 Å². The maximum Gasteiger partial charge on any atom is 0.330 e. The van der Waals surface area contributed by atoms with E-state index in [-0.39, 0.29) is 13.0 Å². The van der Waals surface area contributed by atoms with Gasteiger partial charge in [-0.15, -0.1) is 0 Å². The molecule has 0 aliphatic rings. The lowest BCUT2D eigenvalue weighted by atomic mass is 10.5. The van der Waals surface area contributed by atoms with Crippen LogP contribution in [0.25, 0.3) is 0 Å². The molecule has 0 aromatic rings. The van der Waals surface area contributed by atoms with Crippen LogP contribution in [-0.2, 0) is 13.9 Å². The summed E-state index contributed by atoms with van der Waals surface area (Å²) in [7, 11) is -3.58. The maximum absolute atomic E-state index is 11.0. The van der Waals surface area contributed by atoms with Gasteiger partial charge >= 0.3 is 13.6 Å². The molecule has 0 heterocycles. The zero-order chi connectivity index (χ0) is 9.78. The van der Waals surface area contributed by atoms with Gasteiger partial charge in [-0.3, -0.25) is 9.36 Å². The first-order valence-corrected chi connectivity index (χ1v) is 5.19. The van der Waals surface area contributed by atoms with Gasteiger partial charge in [-0.2, -0.15) is 0 Å². The minimum Gasteiger partial charge on any atom is -0.481 e. The van der Waals surface area contributed by atoms with Crippen molar-refractivity contribution in [1.82, 2.24) is 0 Å². The normalized spacial score (nSPS) is 16.0. The van der Waals surface area contributed by atoms with E-state index in [9.17, 15) is 9.36 Å². The van der Waals surface area contributed by atoms with Gasteiger partial charge in [0.05, 0.1) is 18.7 Å². The lowest BCUT2D eigenvalue weighted by Crippen LogP contribution is -2.06. The number of carboxylic acid groups (broad SMARTS) is 1. The quantitative estimate of drug-likeness (QED) is 0.642. The monoisotopic (exact) mass is 196 g/mol. The van der Waals surface area contributed by atoms with Gasteiger partial charge in [0.15, 0.2) is 0 Å². The predicted molar refractivity (Wildman–Crippen MR) is 43.2 cm³/mol. The first-order chi connectivity index (χ1) is 5.36. The Labute approximate surface area is 70.9 Å². The second-order valence-electron chi connectivity index (χ2n) is 2.63. The summed E-state index contributed by atoms with van der Waals surface area (Å²) < 4.78 is 15.6. The van der Waals surface area contributed by atoms with E-state index in [4.69, 9.17) is 10.00 Å². The van der Waals surface area contributed by atoms with Gasteiger partial charge in [0, 0.05) is 0 Å². The average Bonchev–Trinajstić information content (AvgIpc) is 1.85. The SMILES string of the molecule is CC(C)P(=O)(O)OCCC(=O)O. The molecule has 0 aromatic carbocycles. The average molecular weight is 196 g/mol. The molecule has 72 valence electrons. The highest BCUT2D eigenvalue weighted by molar-refractivity contribution is 7.53. The van der Waals surface area contributed by atoms with Crippen LogP contribution in [0, 0.1) is 0 Å². The van der Waals surface area contributed by atoms with Crippen LogP contribution in [0.5, 0.6) is 0 Å². The summed E-state index contributed by atoms with van der Waals surface area (Å²) in [6.45, 7) is 2.87. The molecule has 0 aliphatic heterocycles. The Morgan fingerprint density at radius 2 is 2.08 bits per heavy atom. The topological polar surface area (TPSA) is 83.8 Å². The van der Waals surface area contributed by atoms with Crippen molar-refractivity contribution in [3.63, 3.8) is 0 Å². The molecule has 0 aliphatic carbocycles. The molecule has 2 N–H and O–H groups in total. The van der Waals surface area contributed by atoms with E-state index in [1.165, 1.54) is 0 Å². The van der Waals surface area contributed by atoms with Gasteiger partial charge < -0.3 is 14.5 Å². The Morgan fingerprint density at radius 1 is 1.58 bits per heavy atom. The van der Waals surface area contributed by atoms with Gasteiger partial charge in [0.2, 0.25) is 0 Å². The fourth-order valence-corrected chi connectivity index (χ4v) is 1.06. The lowest BCUT2D eigenvalue weighted by Gasteiger charge is -2.14. The summed E-state index contributed by atoms with van der Waals surface area (Å²) in [6, 6.07) is 0. The summed E-state index contributed by atoms with van der Waals surface area (Å²) >= 11 is 0. The summed E-state index contributed by atoms with van der Waals surface area (Å²) in [5.41, 5.74) is -0.494. The summed E-state index contributed by atoms with van der Waals surface area (Å²) in [6.07, 6.45) is -0.253. The van der Waals surface area contributed by atoms with Crippen LogP contribution < -0.4 is 0 Å². The molecule has 0 spiro atoms. The van der Waals surface area contributed by atoms with Gasteiger partial charge in [-0.1, -0.05) is 13.8 Å². The first-order valence-electron chi connectivity index (χ1n) is 3.55. The number of hydrogen-bond acceptors (Lipinski definition) is 3. The summed E-state index contributed by atoms with van der Waals surface area (Å²) in [4.78, 5) is 19.0. The molecular formula is C6H13O5P. The molecule has 1 atom stereocenters. The van der Waals surface area contributed by atoms with Crippen LogP contribution in [0.3, 0.4) is 0 Å². The smallest absolute Gasteiger partial charge is 0.330 e.